The van der Waals surface area contributed by atoms with E-state index in [4.69, 9.17) is 4.74 Å². The zero-order valence-corrected chi connectivity index (χ0v) is 18.9. The summed E-state index contributed by atoms with van der Waals surface area (Å²) in [4.78, 5) is 37.2. The lowest BCUT2D eigenvalue weighted by Gasteiger charge is -2.23. The fourth-order valence-electron chi connectivity index (χ4n) is 3.02. The predicted octanol–water partition coefficient (Wildman–Crippen LogP) is 2.72. The molecule has 0 saturated heterocycles. The summed E-state index contributed by atoms with van der Waals surface area (Å²) in [5.74, 6) is -0.0554. The average Bonchev–Trinajstić information content (AvgIpc) is 2.70. The van der Waals surface area contributed by atoms with Crippen LogP contribution in [0.3, 0.4) is 0 Å². The molecule has 0 spiro atoms. The van der Waals surface area contributed by atoms with Crippen molar-refractivity contribution < 1.29 is 19.1 Å². The molecule has 0 aliphatic carbocycles. The number of rotatable bonds is 2. The van der Waals surface area contributed by atoms with Gasteiger partial charge in [0, 0.05) is 18.9 Å². The molecule has 7 nitrogen and oxygen atoms in total. The van der Waals surface area contributed by atoms with Gasteiger partial charge in [-0.05, 0) is 57.7 Å². The van der Waals surface area contributed by atoms with Crippen LogP contribution in [0, 0.1) is 0 Å². The van der Waals surface area contributed by atoms with Crippen molar-refractivity contribution in [3.63, 3.8) is 0 Å². The molecule has 30 heavy (non-hydrogen) atoms. The lowest BCUT2D eigenvalue weighted by atomic mass is 10.0. The van der Waals surface area contributed by atoms with Gasteiger partial charge in [0.25, 0.3) is 0 Å². The largest absolute Gasteiger partial charge is 0.494 e. The number of hydrogen-bond donors (Lipinski definition) is 3. The van der Waals surface area contributed by atoms with Gasteiger partial charge >= 0.3 is 0 Å². The van der Waals surface area contributed by atoms with Gasteiger partial charge in [-0.15, -0.1) is 0 Å². The fourth-order valence-corrected chi connectivity index (χ4v) is 3.02. The van der Waals surface area contributed by atoms with E-state index < -0.39 is 12.1 Å². The summed E-state index contributed by atoms with van der Waals surface area (Å²) in [6, 6.07) is 6.08. The minimum absolute atomic E-state index is 0.0449. The van der Waals surface area contributed by atoms with E-state index in [9.17, 15) is 14.4 Å². The van der Waals surface area contributed by atoms with Gasteiger partial charge in [0.1, 0.15) is 17.8 Å². The highest BCUT2D eigenvalue weighted by molar-refractivity contribution is 5.92. The zero-order valence-electron chi connectivity index (χ0n) is 18.9. The first kappa shape index (κ1) is 25.5. The minimum Gasteiger partial charge on any atom is -0.494 e. The van der Waals surface area contributed by atoms with Gasteiger partial charge in [0.05, 0.1) is 6.61 Å². The number of hydrogen-bond acceptors (Lipinski definition) is 4. The van der Waals surface area contributed by atoms with Gasteiger partial charge in [-0.1, -0.05) is 26.0 Å². The first-order valence-electron chi connectivity index (χ1n) is 11.0. The third-order valence-corrected chi connectivity index (χ3v) is 4.49. The van der Waals surface area contributed by atoms with E-state index in [-0.39, 0.29) is 23.8 Å². The van der Waals surface area contributed by atoms with Crippen LogP contribution in [-0.4, -0.2) is 42.5 Å². The normalized spacial score (nSPS) is 20.7. The number of carbonyl (C=O) groups excluding carboxylic acids is 3. The number of ether oxygens (including phenoxy) is 1. The molecule has 1 aliphatic rings. The van der Waals surface area contributed by atoms with Crippen LogP contribution in [0.5, 0.6) is 5.75 Å². The predicted molar refractivity (Wildman–Crippen MR) is 118 cm³/mol. The Bertz CT molecular complexity index is 691. The number of benzene rings is 1. The molecule has 0 aromatic heterocycles. The fraction of sp³-hybridized carbons (Fsp3) is 0.609. The van der Waals surface area contributed by atoms with Crippen LogP contribution in [0.15, 0.2) is 24.3 Å². The molecule has 0 radical (unpaired) electrons. The molecule has 168 valence electrons. The maximum Gasteiger partial charge on any atom is 0.243 e. The summed E-state index contributed by atoms with van der Waals surface area (Å²) in [6.45, 7) is 9.94. The summed E-state index contributed by atoms with van der Waals surface area (Å²) in [7, 11) is 0. The summed E-state index contributed by atoms with van der Waals surface area (Å²) in [6.07, 6.45) is 3.17. The molecule has 0 fully saturated rings. The van der Waals surface area contributed by atoms with Gasteiger partial charge < -0.3 is 20.7 Å². The summed E-state index contributed by atoms with van der Waals surface area (Å²) < 4.78 is 5.78. The van der Waals surface area contributed by atoms with E-state index in [1.165, 1.54) is 0 Å². The number of nitrogens with one attached hydrogen (secondary N) is 3. The topological polar surface area (TPSA) is 96.5 Å². The Balaban J connectivity index is 0.00000218. The SMILES string of the molecule is CC.CC(C)NC(=O)C1Cc2cccc(c2)OCCCCCC(=O)N[C@@H](C)C(=O)N1. The zero-order chi connectivity index (χ0) is 22.5. The van der Waals surface area contributed by atoms with Gasteiger partial charge in [0.15, 0.2) is 0 Å². The highest BCUT2D eigenvalue weighted by atomic mass is 16.5. The molecule has 2 atom stereocenters. The Morgan fingerprint density at radius 2 is 1.87 bits per heavy atom. The van der Waals surface area contributed by atoms with Crippen molar-refractivity contribution in [2.24, 2.45) is 0 Å². The summed E-state index contributed by atoms with van der Waals surface area (Å²) in [5.41, 5.74) is 0.894. The number of amides is 3. The van der Waals surface area contributed by atoms with E-state index in [1.54, 1.807) is 6.92 Å². The number of carbonyl (C=O) groups is 3. The Hall–Kier alpha value is -2.57. The van der Waals surface area contributed by atoms with Gasteiger partial charge in [0.2, 0.25) is 17.7 Å². The highest BCUT2D eigenvalue weighted by Gasteiger charge is 2.25. The molecular weight excluding hydrogens is 382 g/mol. The Kier molecular flexibility index (Phi) is 11.6. The molecule has 1 heterocycles. The Labute approximate surface area is 180 Å². The van der Waals surface area contributed by atoms with Crippen LogP contribution >= 0.6 is 0 Å². The number of fused-ring (bicyclic) bond motifs is 2. The molecule has 1 aromatic carbocycles. The van der Waals surface area contributed by atoms with Crippen molar-refractivity contribution >= 4 is 17.7 Å². The molecule has 2 bridgehead atoms. The van der Waals surface area contributed by atoms with Crippen molar-refractivity contribution in [3.05, 3.63) is 29.8 Å². The molecular formula is C23H37N3O4. The molecule has 1 aromatic rings. The van der Waals surface area contributed by atoms with Crippen molar-refractivity contribution in [2.75, 3.05) is 6.61 Å². The molecule has 7 heteroatoms. The van der Waals surface area contributed by atoms with Crippen molar-refractivity contribution in [3.8, 4) is 5.75 Å². The Morgan fingerprint density at radius 3 is 2.57 bits per heavy atom. The second-order valence-electron chi connectivity index (χ2n) is 7.52. The molecule has 0 saturated carbocycles. The molecule has 2 rings (SSSR count). The third-order valence-electron chi connectivity index (χ3n) is 4.49. The monoisotopic (exact) mass is 419 g/mol. The second kappa shape index (κ2) is 13.6. The maximum atomic E-state index is 12.6. The maximum absolute atomic E-state index is 12.6. The molecule has 3 N–H and O–H groups in total. The smallest absolute Gasteiger partial charge is 0.243 e. The van der Waals surface area contributed by atoms with Crippen LogP contribution in [0.2, 0.25) is 0 Å². The van der Waals surface area contributed by atoms with E-state index in [0.717, 1.165) is 30.6 Å². The lowest BCUT2D eigenvalue weighted by Crippen LogP contribution is -2.54. The first-order chi connectivity index (χ1) is 14.3. The van der Waals surface area contributed by atoms with Gasteiger partial charge in [-0.25, -0.2) is 0 Å². The minimum atomic E-state index is -0.739. The van der Waals surface area contributed by atoms with Crippen molar-refractivity contribution in [2.45, 2.75) is 84.8 Å². The average molecular weight is 420 g/mol. The quantitative estimate of drug-likeness (QED) is 0.687. The van der Waals surface area contributed by atoms with Crippen molar-refractivity contribution in [1.29, 1.82) is 0 Å². The van der Waals surface area contributed by atoms with Crippen molar-refractivity contribution in [1.82, 2.24) is 16.0 Å². The third kappa shape index (κ3) is 9.29. The molecule has 3 amide bonds. The molecule has 1 unspecified atom stereocenters. The van der Waals surface area contributed by atoms with Crippen LogP contribution in [0.1, 0.15) is 65.9 Å². The van der Waals surface area contributed by atoms with Crippen LogP contribution in [0.4, 0.5) is 0 Å². The van der Waals surface area contributed by atoms with Crippen LogP contribution in [-0.2, 0) is 20.8 Å². The van der Waals surface area contributed by atoms with E-state index in [0.29, 0.717) is 19.4 Å². The highest BCUT2D eigenvalue weighted by Crippen LogP contribution is 2.16. The first-order valence-corrected chi connectivity index (χ1v) is 11.0. The molecule has 1 aliphatic heterocycles. The summed E-state index contributed by atoms with van der Waals surface area (Å²) >= 11 is 0. The standard InChI is InChI=1S/C21H31N3O4.C2H6/c1-14(2)22-21(27)18-13-16-8-7-9-17(12-16)28-11-6-4-5-10-19(25)23-15(3)20(26)24-18;1-2/h7-9,12,14-15,18H,4-6,10-11,13H2,1-3H3,(H,22,27)(H,23,25)(H,24,26);1-2H3/t15-,18?;/m0./s1. The summed E-state index contributed by atoms with van der Waals surface area (Å²) in [5, 5.41) is 8.33. The van der Waals surface area contributed by atoms with E-state index in [2.05, 4.69) is 16.0 Å². The van der Waals surface area contributed by atoms with E-state index in [1.807, 2.05) is 52.0 Å². The second-order valence-corrected chi connectivity index (χ2v) is 7.52. The van der Waals surface area contributed by atoms with Crippen LogP contribution < -0.4 is 20.7 Å². The van der Waals surface area contributed by atoms with E-state index >= 15 is 0 Å². The van der Waals surface area contributed by atoms with Gasteiger partial charge in [-0.3, -0.25) is 14.4 Å². The van der Waals surface area contributed by atoms with Gasteiger partial charge in [-0.2, -0.15) is 0 Å². The Morgan fingerprint density at radius 1 is 1.13 bits per heavy atom. The van der Waals surface area contributed by atoms with Crippen LogP contribution in [0.25, 0.3) is 0 Å². The lowest BCUT2D eigenvalue weighted by molar-refractivity contribution is -0.132.